The molecule has 0 fully saturated rings. The van der Waals surface area contributed by atoms with E-state index in [0.717, 1.165) is 18.8 Å². The number of nitrogens with zero attached hydrogens (tertiary/aromatic N) is 1. The standard InChI is InChI=1S/C42H79NO/c1-3-5-7-9-11-13-15-17-19-21-22-24-26-28-30-32-34-36-41-37-38-42(40-43-41)44-39-35-33-31-29-27-25-23-20-18-16-14-12-10-8-6-4-2/h37-38,40H,3-36,39H2,1-2H3. The van der Waals surface area contributed by atoms with Crippen LogP contribution in [0.5, 0.6) is 5.75 Å². The quantitative estimate of drug-likeness (QED) is 0.0702. The lowest BCUT2D eigenvalue weighted by Crippen LogP contribution is -1.99. The van der Waals surface area contributed by atoms with Crippen LogP contribution in [0.15, 0.2) is 18.3 Å². The molecule has 0 amide bonds. The molecule has 1 aromatic heterocycles. The van der Waals surface area contributed by atoms with E-state index in [1.807, 2.05) is 6.20 Å². The van der Waals surface area contributed by atoms with Crippen LogP contribution in [0.4, 0.5) is 0 Å². The molecule has 1 rings (SSSR count). The molecular weight excluding hydrogens is 534 g/mol. The number of pyridine rings is 1. The Kier molecular flexibility index (Phi) is 32.4. The zero-order valence-corrected chi connectivity index (χ0v) is 30.3. The van der Waals surface area contributed by atoms with Gasteiger partial charge in [0.1, 0.15) is 5.75 Å². The van der Waals surface area contributed by atoms with Crippen molar-refractivity contribution < 1.29 is 4.74 Å². The Morgan fingerprint density at radius 2 is 0.705 bits per heavy atom. The van der Waals surface area contributed by atoms with Crippen LogP contribution in [0.25, 0.3) is 0 Å². The smallest absolute Gasteiger partial charge is 0.137 e. The van der Waals surface area contributed by atoms with Crippen molar-refractivity contribution in [2.45, 2.75) is 232 Å². The lowest BCUT2D eigenvalue weighted by atomic mass is 10.0. The van der Waals surface area contributed by atoms with Gasteiger partial charge in [0, 0.05) is 5.69 Å². The summed E-state index contributed by atoms with van der Waals surface area (Å²) in [4.78, 5) is 4.66. The molecule has 2 nitrogen and oxygen atoms in total. The van der Waals surface area contributed by atoms with E-state index < -0.39 is 0 Å². The fourth-order valence-electron chi connectivity index (χ4n) is 6.52. The lowest BCUT2D eigenvalue weighted by molar-refractivity contribution is 0.303. The third-order valence-electron chi connectivity index (χ3n) is 9.60. The Labute approximate surface area is 277 Å². The first-order chi connectivity index (χ1) is 21.9. The average molecular weight is 614 g/mol. The summed E-state index contributed by atoms with van der Waals surface area (Å²) in [6.07, 6.45) is 49.8. The van der Waals surface area contributed by atoms with E-state index in [2.05, 4.69) is 31.0 Å². The molecule has 0 spiro atoms. The van der Waals surface area contributed by atoms with Gasteiger partial charge in [0.15, 0.2) is 0 Å². The minimum Gasteiger partial charge on any atom is -0.492 e. The topological polar surface area (TPSA) is 22.1 Å². The van der Waals surface area contributed by atoms with E-state index in [0.29, 0.717) is 0 Å². The minimum absolute atomic E-state index is 0.832. The van der Waals surface area contributed by atoms with Gasteiger partial charge >= 0.3 is 0 Å². The summed E-state index contributed by atoms with van der Waals surface area (Å²) in [5.74, 6) is 0.942. The average Bonchev–Trinajstić information content (AvgIpc) is 3.04. The molecule has 0 bridgehead atoms. The number of rotatable bonds is 36. The number of ether oxygens (including phenoxy) is 1. The molecule has 0 aliphatic rings. The van der Waals surface area contributed by atoms with Gasteiger partial charge in [-0.3, -0.25) is 4.98 Å². The molecule has 0 radical (unpaired) electrons. The maximum Gasteiger partial charge on any atom is 0.137 e. The second kappa shape index (κ2) is 34.8. The Balaban J connectivity index is 1.79. The van der Waals surface area contributed by atoms with Crippen LogP contribution in [-0.2, 0) is 6.42 Å². The molecule has 258 valence electrons. The lowest BCUT2D eigenvalue weighted by Gasteiger charge is -2.07. The predicted octanol–water partition coefficient (Wildman–Crippen LogP) is 14.9. The molecule has 0 aliphatic heterocycles. The number of hydrogen-bond acceptors (Lipinski definition) is 2. The highest BCUT2D eigenvalue weighted by atomic mass is 16.5. The largest absolute Gasteiger partial charge is 0.492 e. The maximum absolute atomic E-state index is 5.96. The van der Waals surface area contributed by atoms with Crippen LogP contribution in [0.1, 0.15) is 231 Å². The monoisotopic (exact) mass is 614 g/mol. The molecular formula is C42H79NO. The van der Waals surface area contributed by atoms with Gasteiger partial charge in [0.2, 0.25) is 0 Å². The van der Waals surface area contributed by atoms with Gasteiger partial charge in [-0.25, -0.2) is 0 Å². The molecule has 0 saturated heterocycles. The van der Waals surface area contributed by atoms with Gasteiger partial charge in [0.05, 0.1) is 12.8 Å². The van der Waals surface area contributed by atoms with Gasteiger partial charge in [-0.2, -0.15) is 0 Å². The van der Waals surface area contributed by atoms with Crippen molar-refractivity contribution in [2.24, 2.45) is 0 Å². The zero-order chi connectivity index (χ0) is 31.4. The van der Waals surface area contributed by atoms with Crippen molar-refractivity contribution in [3.05, 3.63) is 24.0 Å². The molecule has 2 heteroatoms. The fourth-order valence-corrected chi connectivity index (χ4v) is 6.52. The van der Waals surface area contributed by atoms with E-state index in [1.165, 1.54) is 218 Å². The summed E-state index contributed by atoms with van der Waals surface area (Å²) in [6, 6.07) is 4.30. The van der Waals surface area contributed by atoms with Crippen molar-refractivity contribution >= 4 is 0 Å². The first-order valence-electron chi connectivity index (χ1n) is 20.4. The van der Waals surface area contributed by atoms with Gasteiger partial charge in [0.25, 0.3) is 0 Å². The second-order valence-corrected chi connectivity index (χ2v) is 14.0. The maximum atomic E-state index is 5.96. The van der Waals surface area contributed by atoms with E-state index >= 15 is 0 Å². The Hall–Kier alpha value is -1.05. The Bertz CT molecular complexity index is 599. The fraction of sp³-hybridized carbons (Fsp3) is 0.881. The van der Waals surface area contributed by atoms with Crippen LogP contribution in [0.3, 0.4) is 0 Å². The van der Waals surface area contributed by atoms with Gasteiger partial charge in [-0.05, 0) is 31.4 Å². The number of aromatic nitrogens is 1. The second-order valence-electron chi connectivity index (χ2n) is 14.0. The third kappa shape index (κ3) is 29.6. The van der Waals surface area contributed by atoms with E-state index in [9.17, 15) is 0 Å². The van der Waals surface area contributed by atoms with Crippen LogP contribution < -0.4 is 4.74 Å². The molecule has 0 saturated carbocycles. The highest BCUT2D eigenvalue weighted by molar-refractivity contribution is 5.19. The van der Waals surface area contributed by atoms with Crippen molar-refractivity contribution in [1.29, 1.82) is 0 Å². The first kappa shape index (κ1) is 41.0. The van der Waals surface area contributed by atoms with Crippen molar-refractivity contribution in [3.63, 3.8) is 0 Å². The predicted molar refractivity (Wildman–Crippen MR) is 197 cm³/mol. The van der Waals surface area contributed by atoms with Crippen molar-refractivity contribution in [1.82, 2.24) is 4.98 Å². The Morgan fingerprint density at radius 1 is 0.386 bits per heavy atom. The minimum atomic E-state index is 0.832. The molecule has 0 N–H and O–H groups in total. The molecule has 0 atom stereocenters. The summed E-state index contributed by atoms with van der Waals surface area (Å²) in [5.41, 5.74) is 1.22. The SMILES string of the molecule is CCCCCCCCCCCCCCCCCCCc1ccc(OCCCCCCCCCCCCCCCCCC)cn1. The highest BCUT2D eigenvalue weighted by Crippen LogP contribution is 2.17. The van der Waals surface area contributed by atoms with Gasteiger partial charge < -0.3 is 4.74 Å². The van der Waals surface area contributed by atoms with Gasteiger partial charge in [-0.1, -0.05) is 213 Å². The number of unbranched alkanes of at least 4 members (excludes halogenated alkanes) is 31. The van der Waals surface area contributed by atoms with Crippen LogP contribution in [0, 0.1) is 0 Å². The summed E-state index contributed by atoms with van der Waals surface area (Å²) in [7, 11) is 0. The summed E-state index contributed by atoms with van der Waals surface area (Å²) < 4.78 is 5.96. The molecule has 1 heterocycles. The van der Waals surface area contributed by atoms with Gasteiger partial charge in [-0.15, -0.1) is 0 Å². The molecule has 1 aromatic rings. The van der Waals surface area contributed by atoms with Crippen molar-refractivity contribution in [3.8, 4) is 5.75 Å². The van der Waals surface area contributed by atoms with Crippen LogP contribution in [0.2, 0.25) is 0 Å². The molecule has 0 aromatic carbocycles. The summed E-state index contributed by atoms with van der Waals surface area (Å²) >= 11 is 0. The first-order valence-corrected chi connectivity index (χ1v) is 20.4. The summed E-state index contributed by atoms with van der Waals surface area (Å²) in [5, 5.41) is 0. The molecule has 0 aliphatic carbocycles. The Morgan fingerprint density at radius 3 is 1.02 bits per heavy atom. The van der Waals surface area contributed by atoms with Crippen LogP contribution >= 0.6 is 0 Å². The zero-order valence-electron chi connectivity index (χ0n) is 30.3. The summed E-state index contributed by atoms with van der Waals surface area (Å²) in [6.45, 7) is 5.43. The third-order valence-corrected chi connectivity index (χ3v) is 9.60. The molecule has 0 unspecified atom stereocenters. The van der Waals surface area contributed by atoms with Crippen LogP contribution in [-0.4, -0.2) is 11.6 Å². The molecule has 44 heavy (non-hydrogen) atoms. The van der Waals surface area contributed by atoms with E-state index in [-0.39, 0.29) is 0 Å². The normalized spacial score (nSPS) is 11.4. The highest BCUT2D eigenvalue weighted by Gasteiger charge is 2.00. The van der Waals surface area contributed by atoms with Crippen molar-refractivity contribution in [2.75, 3.05) is 6.61 Å². The number of hydrogen-bond donors (Lipinski definition) is 0. The number of aryl methyl sites for hydroxylation is 1. The van der Waals surface area contributed by atoms with E-state index in [4.69, 9.17) is 4.74 Å². The van der Waals surface area contributed by atoms with E-state index in [1.54, 1.807) is 0 Å².